The van der Waals surface area contributed by atoms with Gasteiger partial charge in [0, 0.05) is 19.7 Å². The van der Waals surface area contributed by atoms with Crippen LogP contribution in [0, 0.1) is 12.8 Å². The van der Waals surface area contributed by atoms with Crippen LogP contribution in [0.4, 0.5) is 0 Å². The Bertz CT molecular complexity index is 436. The van der Waals surface area contributed by atoms with Crippen LogP contribution in [0.5, 0.6) is 5.75 Å². The van der Waals surface area contributed by atoms with Crippen molar-refractivity contribution in [3.8, 4) is 5.75 Å². The number of ether oxygens (including phenoxy) is 1. The highest BCUT2D eigenvalue weighted by Gasteiger charge is 2.26. The molecule has 0 spiro atoms. The fraction of sp³-hybridized carbons (Fsp3) is 0.562. The van der Waals surface area contributed by atoms with Crippen LogP contribution < -0.4 is 4.74 Å². The Kier molecular flexibility index (Phi) is 5.01. The van der Waals surface area contributed by atoms with Crippen molar-refractivity contribution in [2.75, 3.05) is 19.7 Å². The minimum atomic E-state index is -0.469. The number of amides is 1. The van der Waals surface area contributed by atoms with E-state index in [4.69, 9.17) is 9.84 Å². The maximum absolute atomic E-state index is 12.3. The number of aliphatic hydroxyl groups excluding tert-OH is 1. The van der Waals surface area contributed by atoms with Crippen LogP contribution in [-0.4, -0.2) is 41.7 Å². The van der Waals surface area contributed by atoms with Crippen molar-refractivity contribution in [2.45, 2.75) is 32.8 Å². The van der Waals surface area contributed by atoms with Gasteiger partial charge in [0.2, 0.25) is 0 Å². The van der Waals surface area contributed by atoms with Crippen LogP contribution in [0.3, 0.4) is 0 Å². The molecule has 1 unspecified atom stereocenters. The molecule has 1 fully saturated rings. The van der Waals surface area contributed by atoms with Crippen LogP contribution >= 0.6 is 0 Å². The summed E-state index contributed by atoms with van der Waals surface area (Å²) in [6.07, 6.45) is 1.28. The zero-order valence-electron chi connectivity index (χ0n) is 12.2. The van der Waals surface area contributed by atoms with Gasteiger partial charge in [-0.05, 0) is 44.7 Å². The van der Waals surface area contributed by atoms with Gasteiger partial charge in [-0.2, -0.15) is 0 Å². The van der Waals surface area contributed by atoms with E-state index < -0.39 is 6.10 Å². The number of likely N-dealkylation sites (tertiary alicyclic amines) is 1. The summed E-state index contributed by atoms with van der Waals surface area (Å²) in [4.78, 5) is 14.1. The van der Waals surface area contributed by atoms with Crippen LogP contribution in [0.15, 0.2) is 24.3 Å². The average Bonchev–Trinajstić information content (AvgIpc) is 2.49. The minimum Gasteiger partial charge on any atom is -0.481 e. The third-order valence-corrected chi connectivity index (χ3v) is 3.87. The summed E-state index contributed by atoms with van der Waals surface area (Å²) in [7, 11) is 0. The largest absolute Gasteiger partial charge is 0.481 e. The fourth-order valence-corrected chi connectivity index (χ4v) is 2.46. The third kappa shape index (κ3) is 3.73. The number of piperidine rings is 1. The van der Waals surface area contributed by atoms with Crippen molar-refractivity contribution in [1.29, 1.82) is 0 Å². The number of hydrogen-bond donors (Lipinski definition) is 1. The standard InChI is InChI=1S/C16H23NO3/c1-12-3-5-15(6-4-12)20-13(2)16(19)17-9-7-14(11-18)8-10-17/h3-6,13-14,18H,7-11H2,1-2H3. The smallest absolute Gasteiger partial charge is 0.263 e. The predicted octanol–water partition coefficient (Wildman–Crippen LogP) is 1.99. The second kappa shape index (κ2) is 6.75. The monoisotopic (exact) mass is 277 g/mol. The summed E-state index contributed by atoms with van der Waals surface area (Å²) < 4.78 is 5.70. The maximum atomic E-state index is 12.3. The second-order valence-electron chi connectivity index (χ2n) is 5.52. The van der Waals surface area contributed by atoms with Crippen molar-refractivity contribution in [2.24, 2.45) is 5.92 Å². The van der Waals surface area contributed by atoms with Gasteiger partial charge in [-0.3, -0.25) is 4.79 Å². The number of rotatable bonds is 4. The Morgan fingerprint density at radius 1 is 1.35 bits per heavy atom. The van der Waals surface area contributed by atoms with E-state index in [1.807, 2.05) is 36.1 Å². The van der Waals surface area contributed by atoms with E-state index in [1.165, 1.54) is 5.56 Å². The van der Waals surface area contributed by atoms with Gasteiger partial charge in [-0.15, -0.1) is 0 Å². The van der Waals surface area contributed by atoms with Crippen molar-refractivity contribution < 1.29 is 14.6 Å². The number of benzene rings is 1. The quantitative estimate of drug-likeness (QED) is 0.915. The molecular weight excluding hydrogens is 254 g/mol. The van der Waals surface area contributed by atoms with Gasteiger partial charge in [0.05, 0.1) is 0 Å². The van der Waals surface area contributed by atoms with E-state index in [0.717, 1.165) is 18.6 Å². The Balaban J connectivity index is 1.87. The first-order valence-corrected chi connectivity index (χ1v) is 7.23. The van der Waals surface area contributed by atoms with Crippen molar-refractivity contribution in [3.05, 3.63) is 29.8 Å². The highest BCUT2D eigenvalue weighted by molar-refractivity contribution is 5.81. The number of aryl methyl sites for hydroxylation is 1. The van der Waals surface area contributed by atoms with Crippen LogP contribution in [0.2, 0.25) is 0 Å². The molecule has 4 nitrogen and oxygen atoms in total. The predicted molar refractivity (Wildman–Crippen MR) is 77.7 cm³/mol. The SMILES string of the molecule is Cc1ccc(OC(C)C(=O)N2CCC(CO)CC2)cc1. The second-order valence-corrected chi connectivity index (χ2v) is 5.52. The van der Waals surface area contributed by atoms with Crippen LogP contribution in [-0.2, 0) is 4.79 Å². The molecule has 1 atom stereocenters. The molecule has 0 aromatic heterocycles. The molecule has 110 valence electrons. The number of carbonyl (C=O) groups excluding carboxylic acids is 1. The van der Waals surface area contributed by atoms with Crippen LogP contribution in [0.25, 0.3) is 0 Å². The lowest BCUT2D eigenvalue weighted by Crippen LogP contribution is -2.45. The molecule has 1 N–H and O–H groups in total. The summed E-state index contributed by atoms with van der Waals surface area (Å²) in [6, 6.07) is 7.72. The van der Waals surface area contributed by atoms with E-state index in [9.17, 15) is 4.79 Å². The molecule has 0 saturated carbocycles. The Labute approximate surface area is 120 Å². The average molecular weight is 277 g/mol. The molecule has 2 rings (SSSR count). The van der Waals surface area contributed by atoms with Gasteiger partial charge in [0.25, 0.3) is 5.91 Å². The molecule has 0 aliphatic carbocycles. The first-order valence-electron chi connectivity index (χ1n) is 7.23. The molecule has 1 aliphatic rings. The fourth-order valence-electron chi connectivity index (χ4n) is 2.46. The normalized spacial score (nSPS) is 17.9. The van der Waals surface area contributed by atoms with Gasteiger partial charge >= 0.3 is 0 Å². The Morgan fingerprint density at radius 3 is 2.50 bits per heavy atom. The van der Waals surface area contributed by atoms with Gasteiger partial charge in [-0.25, -0.2) is 0 Å². The molecule has 1 aliphatic heterocycles. The maximum Gasteiger partial charge on any atom is 0.263 e. The highest BCUT2D eigenvalue weighted by atomic mass is 16.5. The van der Waals surface area contributed by atoms with E-state index >= 15 is 0 Å². The first-order chi connectivity index (χ1) is 9.60. The lowest BCUT2D eigenvalue weighted by molar-refractivity contribution is -0.139. The molecule has 0 bridgehead atoms. The van der Waals surface area contributed by atoms with Crippen LogP contribution in [0.1, 0.15) is 25.3 Å². The van der Waals surface area contributed by atoms with Crippen molar-refractivity contribution in [3.63, 3.8) is 0 Å². The van der Waals surface area contributed by atoms with E-state index in [1.54, 1.807) is 6.92 Å². The Morgan fingerprint density at radius 2 is 1.95 bits per heavy atom. The summed E-state index contributed by atoms with van der Waals surface area (Å²) in [5.74, 6) is 1.09. The van der Waals surface area contributed by atoms with Gasteiger partial charge in [0.15, 0.2) is 6.10 Å². The molecule has 1 aromatic rings. The summed E-state index contributed by atoms with van der Waals surface area (Å²) >= 11 is 0. The molecule has 1 amide bonds. The number of hydrogen-bond acceptors (Lipinski definition) is 3. The lowest BCUT2D eigenvalue weighted by atomic mass is 9.97. The summed E-state index contributed by atoms with van der Waals surface area (Å²) in [5.41, 5.74) is 1.17. The van der Waals surface area contributed by atoms with E-state index in [0.29, 0.717) is 19.0 Å². The first kappa shape index (κ1) is 14.9. The lowest BCUT2D eigenvalue weighted by Gasteiger charge is -2.32. The molecule has 1 saturated heterocycles. The molecule has 1 heterocycles. The van der Waals surface area contributed by atoms with Gasteiger partial charge < -0.3 is 14.7 Å². The molecule has 1 aromatic carbocycles. The zero-order valence-corrected chi connectivity index (χ0v) is 12.2. The van der Waals surface area contributed by atoms with Gasteiger partial charge in [-0.1, -0.05) is 17.7 Å². The highest BCUT2D eigenvalue weighted by Crippen LogP contribution is 2.19. The number of carbonyl (C=O) groups is 1. The number of nitrogens with zero attached hydrogens (tertiary/aromatic N) is 1. The van der Waals surface area contributed by atoms with E-state index in [2.05, 4.69) is 0 Å². The van der Waals surface area contributed by atoms with E-state index in [-0.39, 0.29) is 12.5 Å². The summed E-state index contributed by atoms with van der Waals surface area (Å²) in [5, 5.41) is 9.11. The minimum absolute atomic E-state index is 0.0296. The van der Waals surface area contributed by atoms with Crippen molar-refractivity contribution >= 4 is 5.91 Å². The molecular formula is C16H23NO3. The van der Waals surface area contributed by atoms with Crippen molar-refractivity contribution in [1.82, 2.24) is 4.90 Å². The topological polar surface area (TPSA) is 49.8 Å². The zero-order chi connectivity index (χ0) is 14.5. The molecule has 20 heavy (non-hydrogen) atoms. The Hall–Kier alpha value is -1.55. The van der Waals surface area contributed by atoms with Gasteiger partial charge in [0.1, 0.15) is 5.75 Å². The summed E-state index contributed by atoms with van der Waals surface area (Å²) in [6.45, 7) is 5.46. The molecule has 0 radical (unpaired) electrons. The third-order valence-electron chi connectivity index (χ3n) is 3.87. The number of aliphatic hydroxyl groups is 1. The molecule has 4 heteroatoms.